The van der Waals surface area contributed by atoms with Crippen LogP contribution in [0.25, 0.3) is 0 Å². The highest BCUT2D eigenvalue weighted by Crippen LogP contribution is 2.38. The van der Waals surface area contributed by atoms with Gasteiger partial charge in [-0.25, -0.2) is 0 Å². The smallest absolute Gasteiger partial charge is 0.306 e. The van der Waals surface area contributed by atoms with Gasteiger partial charge in [0.25, 0.3) is 7.82 Å². The molecule has 0 heterocycles. The molecule has 10 heteroatoms. The zero-order chi connectivity index (χ0) is 51.3. The van der Waals surface area contributed by atoms with Crippen molar-refractivity contribution >= 4 is 19.8 Å². The van der Waals surface area contributed by atoms with Crippen LogP contribution in [0.2, 0.25) is 0 Å². The molecule has 0 aliphatic rings. The van der Waals surface area contributed by atoms with E-state index in [2.05, 4.69) is 62.5 Å². The Morgan fingerprint density at radius 1 is 0.443 bits per heavy atom. The largest absolute Gasteiger partial charge is 0.756 e. The number of unbranched alkanes of at least 4 members (excludes halogenated alkanes) is 32. The fraction of sp³-hybridized carbons (Fsp3) is 0.833. The number of carbonyl (C=O) groups excluding carboxylic acids is 2. The van der Waals surface area contributed by atoms with Crippen molar-refractivity contribution in [2.24, 2.45) is 0 Å². The Morgan fingerprint density at radius 2 is 0.771 bits per heavy atom. The molecule has 0 saturated carbocycles. The molecule has 9 nitrogen and oxygen atoms in total. The number of hydrogen-bond acceptors (Lipinski definition) is 8. The van der Waals surface area contributed by atoms with E-state index < -0.39 is 26.5 Å². The van der Waals surface area contributed by atoms with Crippen molar-refractivity contribution in [2.45, 2.75) is 277 Å². The van der Waals surface area contributed by atoms with Crippen molar-refractivity contribution in [2.75, 3.05) is 47.5 Å². The van der Waals surface area contributed by atoms with E-state index in [0.29, 0.717) is 17.4 Å². The molecule has 0 amide bonds. The maximum atomic E-state index is 12.8. The molecule has 0 bridgehead atoms. The van der Waals surface area contributed by atoms with E-state index in [-0.39, 0.29) is 32.0 Å². The molecular formula is C60H112NO8P. The van der Waals surface area contributed by atoms with E-state index in [1.54, 1.807) is 0 Å². The normalized spacial score (nSPS) is 13.6. The number of phosphoric acid groups is 1. The Bertz CT molecular complexity index is 1320. The van der Waals surface area contributed by atoms with Crippen LogP contribution in [0.5, 0.6) is 0 Å². The van der Waals surface area contributed by atoms with Crippen molar-refractivity contribution in [3.63, 3.8) is 0 Å². The van der Waals surface area contributed by atoms with E-state index in [1.807, 2.05) is 21.1 Å². The molecule has 0 saturated heterocycles. The number of carbonyl (C=O) groups is 2. The number of phosphoric ester groups is 1. The van der Waals surface area contributed by atoms with Gasteiger partial charge in [0.05, 0.1) is 27.7 Å². The van der Waals surface area contributed by atoms with Gasteiger partial charge >= 0.3 is 11.9 Å². The maximum Gasteiger partial charge on any atom is 0.306 e. The fourth-order valence-corrected chi connectivity index (χ4v) is 8.98. The number of esters is 2. The second kappa shape index (κ2) is 51.9. The van der Waals surface area contributed by atoms with Gasteiger partial charge in [-0.3, -0.25) is 14.2 Å². The molecule has 70 heavy (non-hydrogen) atoms. The standard InChI is InChI=1S/C60H112NO8P/c1-6-8-10-12-14-16-18-20-22-24-26-27-28-29-30-31-32-33-35-37-39-41-43-45-47-49-51-53-60(63)69-58(57-68-70(64,65)67-55-54-61(3,4)5)56-66-59(62)52-50-48-46-44-42-40-38-36-34-25-23-21-19-17-15-13-11-9-7-2/h18,20-21,23-24,26,28-29,58H,6-17,19,22,25,27,30-57H2,1-5H3/b20-18-,23-21-,26-24-,29-28-. The molecule has 0 aromatic carbocycles. The van der Waals surface area contributed by atoms with Crippen LogP contribution in [0, 0.1) is 0 Å². The van der Waals surface area contributed by atoms with Crippen molar-refractivity contribution in [1.82, 2.24) is 0 Å². The predicted molar refractivity (Wildman–Crippen MR) is 296 cm³/mol. The molecule has 0 fully saturated rings. The summed E-state index contributed by atoms with van der Waals surface area (Å²) in [6.07, 6.45) is 64.4. The molecule has 0 spiro atoms. The van der Waals surface area contributed by atoms with Crippen LogP contribution in [-0.2, 0) is 32.7 Å². The lowest BCUT2D eigenvalue weighted by Gasteiger charge is -2.28. The van der Waals surface area contributed by atoms with E-state index in [0.717, 1.165) is 51.4 Å². The molecule has 0 aromatic heterocycles. The quantitative estimate of drug-likeness (QED) is 0.0195. The zero-order valence-electron chi connectivity index (χ0n) is 46.5. The molecule has 0 rings (SSSR count). The van der Waals surface area contributed by atoms with Crippen LogP contribution in [0.1, 0.15) is 271 Å². The first-order chi connectivity index (χ1) is 34.0. The third-order valence-corrected chi connectivity index (χ3v) is 13.8. The minimum absolute atomic E-state index is 0.0316. The predicted octanol–water partition coefficient (Wildman–Crippen LogP) is 17.5. The number of nitrogens with zero attached hydrogens (tertiary/aromatic N) is 1. The van der Waals surface area contributed by atoms with Gasteiger partial charge in [-0.15, -0.1) is 0 Å². The maximum absolute atomic E-state index is 12.8. The molecule has 2 atom stereocenters. The molecule has 0 aliphatic heterocycles. The summed E-state index contributed by atoms with van der Waals surface area (Å²) in [5.41, 5.74) is 0. The summed E-state index contributed by atoms with van der Waals surface area (Å²) in [4.78, 5) is 37.9. The number of quaternary nitrogens is 1. The van der Waals surface area contributed by atoms with Crippen LogP contribution in [0.4, 0.5) is 0 Å². The highest BCUT2D eigenvalue weighted by atomic mass is 31.2. The summed E-state index contributed by atoms with van der Waals surface area (Å²) in [6, 6.07) is 0. The van der Waals surface area contributed by atoms with Crippen LogP contribution in [0.3, 0.4) is 0 Å². The summed E-state index contributed by atoms with van der Waals surface area (Å²) in [5, 5.41) is 0. The van der Waals surface area contributed by atoms with Crippen molar-refractivity contribution in [3.05, 3.63) is 48.6 Å². The zero-order valence-corrected chi connectivity index (χ0v) is 47.4. The first-order valence-corrected chi connectivity index (χ1v) is 30.8. The Balaban J connectivity index is 4.15. The summed E-state index contributed by atoms with van der Waals surface area (Å²) in [5.74, 6) is -0.829. The van der Waals surface area contributed by atoms with Gasteiger partial charge in [0.15, 0.2) is 6.10 Å². The molecule has 0 radical (unpaired) electrons. The van der Waals surface area contributed by atoms with Crippen LogP contribution in [-0.4, -0.2) is 70.0 Å². The van der Waals surface area contributed by atoms with Crippen molar-refractivity contribution in [1.29, 1.82) is 0 Å². The van der Waals surface area contributed by atoms with Gasteiger partial charge in [0.2, 0.25) is 0 Å². The lowest BCUT2D eigenvalue weighted by molar-refractivity contribution is -0.870. The number of allylic oxidation sites excluding steroid dienone is 8. The average Bonchev–Trinajstić information content (AvgIpc) is 3.32. The summed E-state index contributed by atoms with van der Waals surface area (Å²) >= 11 is 0. The van der Waals surface area contributed by atoms with Gasteiger partial charge in [0, 0.05) is 12.8 Å². The molecule has 0 aliphatic carbocycles. The Hall–Kier alpha value is -2.03. The molecular weight excluding hydrogens is 894 g/mol. The van der Waals surface area contributed by atoms with Crippen LogP contribution >= 0.6 is 7.82 Å². The van der Waals surface area contributed by atoms with Gasteiger partial charge in [-0.05, 0) is 77.0 Å². The summed E-state index contributed by atoms with van der Waals surface area (Å²) in [6.45, 7) is 4.25. The number of rotatable bonds is 54. The molecule has 0 aromatic rings. The Kier molecular flexibility index (Phi) is 50.4. The van der Waals surface area contributed by atoms with E-state index in [9.17, 15) is 19.0 Å². The third kappa shape index (κ3) is 55.3. The van der Waals surface area contributed by atoms with Crippen molar-refractivity contribution in [3.8, 4) is 0 Å². The molecule has 0 N–H and O–H groups in total. The van der Waals surface area contributed by atoms with Crippen LogP contribution < -0.4 is 4.89 Å². The lowest BCUT2D eigenvalue weighted by atomic mass is 10.0. The second-order valence-electron chi connectivity index (χ2n) is 21.0. The highest BCUT2D eigenvalue weighted by Gasteiger charge is 2.22. The number of ether oxygens (including phenoxy) is 2. The van der Waals surface area contributed by atoms with E-state index >= 15 is 0 Å². The van der Waals surface area contributed by atoms with Gasteiger partial charge in [-0.1, -0.05) is 229 Å². The molecule has 2 unspecified atom stereocenters. The van der Waals surface area contributed by atoms with E-state index in [1.165, 1.54) is 186 Å². The first kappa shape index (κ1) is 68.0. The SMILES string of the molecule is CCCCCCC/C=C\C/C=C\C/C=C\CCCCCCCCCCCCCCC(=O)OC(COC(=O)CCCCCCCCCCC/C=C\CCCCCCCC)COP(=O)([O-])OCC[N+](C)(C)C. The third-order valence-electron chi connectivity index (χ3n) is 12.8. The number of hydrogen-bond donors (Lipinski definition) is 0. The highest BCUT2D eigenvalue weighted by molar-refractivity contribution is 7.45. The summed E-state index contributed by atoms with van der Waals surface area (Å²) < 4.78 is 34.2. The van der Waals surface area contributed by atoms with Crippen LogP contribution in [0.15, 0.2) is 48.6 Å². The minimum atomic E-state index is -4.64. The minimum Gasteiger partial charge on any atom is -0.756 e. The molecule has 410 valence electrons. The Labute approximate surface area is 433 Å². The van der Waals surface area contributed by atoms with Gasteiger partial charge < -0.3 is 27.9 Å². The van der Waals surface area contributed by atoms with Crippen molar-refractivity contribution < 1.29 is 42.1 Å². The topological polar surface area (TPSA) is 111 Å². The van der Waals surface area contributed by atoms with Gasteiger partial charge in [-0.2, -0.15) is 0 Å². The first-order valence-electron chi connectivity index (χ1n) is 29.3. The second-order valence-corrected chi connectivity index (χ2v) is 22.4. The van der Waals surface area contributed by atoms with Gasteiger partial charge in [0.1, 0.15) is 19.8 Å². The number of likely N-dealkylation sites (N-methyl/N-ethyl adjacent to an activating group) is 1. The monoisotopic (exact) mass is 1010 g/mol. The average molecular weight is 1010 g/mol. The lowest BCUT2D eigenvalue weighted by Crippen LogP contribution is -2.37. The van der Waals surface area contributed by atoms with E-state index in [4.69, 9.17) is 18.5 Å². The Morgan fingerprint density at radius 3 is 1.16 bits per heavy atom. The summed E-state index contributed by atoms with van der Waals surface area (Å²) in [7, 11) is 1.17. The fourth-order valence-electron chi connectivity index (χ4n) is 8.25.